The zero-order chi connectivity index (χ0) is 16.3. The van der Waals surface area contributed by atoms with E-state index >= 15 is 0 Å². The Morgan fingerprint density at radius 3 is 2.82 bits per heavy atom. The van der Waals surface area contributed by atoms with Crippen LogP contribution in [0.3, 0.4) is 0 Å². The maximum absolute atomic E-state index is 13.2. The second kappa shape index (κ2) is 6.13. The van der Waals surface area contributed by atoms with Crippen molar-refractivity contribution in [3.63, 3.8) is 0 Å². The molecule has 1 N–H and O–H groups in total. The number of benzene rings is 1. The minimum Gasteiger partial charge on any atom is -0.379 e. The summed E-state index contributed by atoms with van der Waals surface area (Å²) in [4.78, 5) is 30.3. The smallest absolute Gasteiger partial charge is 0.267 e. The monoisotopic (exact) mass is 307 g/mol. The molecule has 1 aromatic carbocycles. The largest absolute Gasteiger partial charge is 0.379 e. The van der Waals surface area contributed by atoms with Crippen LogP contribution in [0.25, 0.3) is 0 Å². The van der Waals surface area contributed by atoms with Crippen molar-refractivity contribution in [2.24, 2.45) is 5.16 Å². The van der Waals surface area contributed by atoms with E-state index in [1.54, 1.807) is 33.2 Å². The predicted octanol–water partition coefficient (Wildman–Crippen LogP) is 0.913. The van der Waals surface area contributed by atoms with Crippen LogP contribution in [0.1, 0.15) is 18.9 Å². The molecule has 0 spiro atoms. The molecule has 1 aliphatic rings. The molecule has 0 aliphatic carbocycles. The third-order valence-electron chi connectivity index (χ3n) is 3.40. The quantitative estimate of drug-likeness (QED) is 0.899. The number of rotatable bonds is 4. The summed E-state index contributed by atoms with van der Waals surface area (Å²) in [6.07, 6.45) is 0.207. The number of carbonyl (C=O) groups is 2. The van der Waals surface area contributed by atoms with Crippen LogP contribution in [0.4, 0.5) is 4.39 Å². The first-order valence-corrected chi connectivity index (χ1v) is 6.81. The molecule has 6 nitrogen and oxygen atoms in total. The molecule has 1 aromatic rings. The highest BCUT2D eigenvalue weighted by Gasteiger charge is 2.42. The molecule has 1 atom stereocenters. The van der Waals surface area contributed by atoms with Crippen molar-refractivity contribution in [3.05, 3.63) is 35.6 Å². The van der Waals surface area contributed by atoms with E-state index in [2.05, 4.69) is 10.5 Å². The average Bonchev–Trinajstić information content (AvgIpc) is 2.88. The summed E-state index contributed by atoms with van der Waals surface area (Å²) in [7, 11) is 3.21. The van der Waals surface area contributed by atoms with Gasteiger partial charge in [0.1, 0.15) is 5.82 Å². The standard InChI is InChI=1S/C15H18FN3O3/c1-15(14(21)17-9-13(20)19(2)3)8-12(18-22-15)10-5-4-6-11(16)7-10/h4-7H,8-9H2,1-3H3,(H,17,21)/t15-/m1/s1. The topological polar surface area (TPSA) is 71.0 Å². The Kier molecular flexibility index (Phi) is 4.44. The molecule has 118 valence electrons. The second-order valence-electron chi connectivity index (χ2n) is 5.52. The minimum atomic E-state index is -1.20. The Hall–Kier alpha value is -2.44. The van der Waals surface area contributed by atoms with Crippen LogP contribution < -0.4 is 5.32 Å². The first-order chi connectivity index (χ1) is 10.3. The fourth-order valence-electron chi connectivity index (χ4n) is 1.99. The van der Waals surface area contributed by atoms with E-state index in [1.807, 2.05) is 0 Å². The Balaban J connectivity index is 1.99. The van der Waals surface area contributed by atoms with Crippen molar-refractivity contribution in [2.75, 3.05) is 20.6 Å². The van der Waals surface area contributed by atoms with E-state index in [0.29, 0.717) is 11.3 Å². The van der Waals surface area contributed by atoms with Gasteiger partial charge in [0.2, 0.25) is 11.5 Å². The van der Waals surface area contributed by atoms with Gasteiger partial charge in [-0.05, 0) is 19.1 Å². The summed E-state index contributed by atoms with van der Waals surface area (Å²) in [5.41, 5.74) is -0.134. The lowest BCUT2D eigenvalue weighted by Gasteiger charge is -2.20. The summed E-state index contributed by atoms with van der Waals surface area (Å²) < 4.78 is 13.2. The molecule has 0 unspecified atom stereocenters. The molecular formula is C15H18FN3O3. The maximum atomic E-state index is 13.2. The van der Waals surface area contributed by atoms with E-state index in [9.17, 15) is 14.0 Å². The van der Waals surface area contributed by atoms with Crippen molar-refractivity contribution in [2.45, 2.75) is 18.9 Å². The molecule has 0 fully saturated rings. The number of hydrogen-bond acceptors (Lipinski definition) is 4. The van der Waals surface area contributed by atoms with E-state index in [1.165, 1.54) is 17.0 Å². The number of nitrogens with one attached hydrogen (secondary N) is 1. The highest BCUT2D eigenvalue weighted by Crippen LogP contribution is 2.27. The zero-order valence-corrected chi connectivity index (χ0v) is 12.7. The summed E-state index contributed by atoms with van der Waals surface area (Å²) in [5.74, 6) is -1.03. The Bertz CT molecular complexity index is 630. The molecule has 1 aliphatic heterocycles. The first-order valence-electron chi connectivity index (χ1n) is 6.81. The van der Waals surface area contributed by atoms with E-state index in [4.69, 9.17) is 4.84 Å². The molecule has 22 heavy (non-hydrogen) atoms. The van der Waals surface area contributed by atoms with E-state index in [-0.39, 0.29) is 24.7 Å². The lowest BCUT2D eigenvalue weighted by atomic mass is 9.95. The van der Waals surface area contributed by atoms with Crippen LogP contribution in [0.5, 0.6) is 0 Å². The zero-order valence-electron chi connectivity index (χ0n) is 12.7. The second-order valence-corrected chi connectivity index (χ2v) is 5.52. The highest BCUT2D eigenvalue weighted by atomic mass is 19.1. The van der Waals surface area contributed by atoms with Gasteiger partial charge in [0.05, 0.1) is 12.3 Å². The number of halogens is 1. The number of carbonyl (C=O) groups excluding carboxylic acids is 2. The van der Waals surface area contributed by atoms with Crippen LogP contribution in [-0.4, -0.2) is 48.7 Å². The van der Waals surface area contributed by atoms with Gasteiger partial charge in [0.25, 0.3) is 5.91 Å². The average molecular weight is 307 g/mol. The van der Waals surface area contributed by atoms with Crippen LogP contribution in [-0.2, 0) is 14.4 Å². The normalized spacial score (nSPS) is 20.1. The molecule has 2 rings (SSSR count). The third-order valence-corrected chi connectivity index (χ3v) is 3.40. The number of likely N-dealkylation sites (N-methyl/N-ethyl adjacent to an activating group) is 1. The fourth-order valence-corrected chi connectivity index (χ4v) is 1.99. The first kappa shape index (κ1) is 15.9. The van der Waals surface area contributed by atoms with Gasteiger partial charge in [0.15, 0.2) is 0 Å². The van der Waals surface area contributed by atoms with Gasteiger partial charge in [-0.15, -0.1) is 0 Å². The number of amides is 2. The van der Waals surface area contributed by atoms with Crippen molar-refractivity contribution < 1.29 is 18.8 Å². The van der Waals surface area contributed by atoms with Crippen LogP contribution in [0, 0.1) is 5.82 Å². The number of hydrogen-bond donors (Lipinski definition) is 1. The molecule has 0 saturated carbocycles. The van der Waals surface area contributed by atoms with Gasteiger partial charge >= 0.3 is 0 Å². The molecule has 2 amide bonds. The fraction of sp³-hybridized carbons (Fsp3) is 0.400. The van der Waals surface area contributed by atoms with Crippen molar-refractivity contribution in [1.82, 2.24) is 10.2 Å². The lowest BCUT2D eigenvalue weighted by Crippen LogP contribution is -2.47. The van der Waals surface area contributed by atoms with Crippen LogP contribution in [0.15, 0.2) is 29.4 Å². The van der Waals surface area contributed by atoms with Crippen molar-refractivity contribution in [1.29, 1.82) is 0 Å². The van der Waals surface area contributed by atoms with Crippen molar-refractivity contribution in [3.8, 4) is 0 Å². The molecule has 0 aromatic heterocycles. The molecular weight excluding hydrogens is 289 g/mol. The van der Waals surface area contributed by atoms with Gasteiger partial charge in [-0.3, -0.25) is 9.59 Å². The van der Waals surface area contributed by atoms with Gasteiger partial charge in [-0.2, -0.15) is 0 Å². The summed E-state index contributed by atoms with van der Waals surface area (Å²) in [5, 5.41) is 6.40. The Morgan fingerprint density at radius 1 is 1.45 bits per heavy atom. The van der Waals surface area contributed by atoms with Gasteiger partial charge in [-0.1, -0.05) is 17.3 Å². The van der Waals surface area contributed by atoms with Gasteiger partial charge in [-0.25, -0.2) is 4.39 Å². The molecule has 0 bridgehead atoms. The summed E-state index contributed by atoms with van der Waals surface area (Å²) in [6.45, 7) is 1.47. The molecule has 1 heterocycles. The predicted molar refractivity (Wildman–Crippen MR) is 78.7 cm³/mol. The Labute approximate surface area is 127 Å². The van der Waals surface area contributed by atoms with Gasteiger partial charge in [0, 0.05) is 26.1 Å². The van der Waals surface area contributed by atoms with E-state index < -0.39 is 11.5 Å². The third kappa shape index (κ3) is 3.41. The minimum absolute atomic E-state index is 0.111. The summed E-state index contributed by atoms with van der Waals surface area (Å²) >= 11 is 0. The van der Waals surface area contributed by atoms with Crippen LogP contribution >= 0.6 is 0 Å². The van der Waals surface area contributed by atoms with Crippen LogP contribution in [0.2, 0.25) is 0 Å². The SMILES string of the molecule is CN(C)C(=O)CNC(=O)[C@@]1(C)CC(c2cccc(F)c2)=NO1. The molecule has 0 radical (unpaired) electrons. The lowest BCUT2D eigenvalue weighted by molar-refractivity contribution is -0.143. The maximum Gasteiger partial charge on any atom is 0.267 e. The summed E-state index contributed by atoms with van der Waals surface area (Å²) in [6, 6.07) is 5.93. The highest BCUT2D eigenvalue weighted by molar-refractivity contribution is 6.05. The number of oxime groups is 1. The molecule has 0 saturated heterocycles. The van der Waals surface area contributed by atoms with E-state index in [0.717, 1.165) is 0 Å². The van der Waals surface area contributed by atoms with Gasteiger partial charge < -0.3 is 15.1 Å². The van der Waals surface area contributed by atoms with Crippen molar-refractivity contribution >= 4 is 17.5 Å². The molecule has 7 heteroatoms. The number of nitrogens with zero attached hydrogens (tertiary/aromatic N) is 2. The Morgan fingerprint density at radius 2 is 2.18 bits per heavy atom.